The van der Waals surface area contributed by atoms with Crippen LogP contribution in [0.2, 0.25) is 0 Å². The van der Waals surface area contributed by atoms with E-state index in [-0.39, 0.29) is 29.9 Å². The standard InChI is InChI=1S/C43H44BrN5O6S/c44-30-5-3-28(4-6-30)41-40(36-14-8-32(50)26-38(36)56-41)55-34-11-9-33(10-12-34)54-24-23-48-20-2-19-47(21-22-48)18-1-17-45-31-7-13-35-29(25-31)27-49(43(35)53)37-15-16-39(51)46-42(37)52/h3-14,25-26,37,45,50H,1-2,15-24,27H2,(H,46,51,52). The average Bonchev–Trinajstić information content (AvgIpc) is 3.60. The summed E-state index contributed by atoms with van der Waals surface area (Å²) >= 11 is 5.12. The number of rotatable bonds is 13. The topological polar surface area (TPSA) is 124 Å². The fraction of sp³-hybridized carbons (Fsp3) is 0.326. The van der Waals surface area contributed by atoms with Crippen molar-refractivity contribution in [2.45, 2.75) is 38.3 Å². The van der Waals surface area contributed by atoms with Crippen LogP contribution in [-0.4, -0.2) is 96.0 Å². The number of carbonyl (C=O) groups is 3. The van der Waals surface area contributed by atoms with E-state index in [2.05, 4.69) is 48.5 Å². The Balaban J connectivity index is 0.763. The van der Waals surface area contributed by atoms with Crippen LogP contribution in [0.4, 0.5) is 5.69 Å². The SMILES string of the molecule is O=C1CCC(N2Cc3cc(NCCCN4CCCN(CCOc5ccc(Oc6c(-c7ccc(Br)cc7)sc7cc(O)ccc67)cc5)CC4)ccc3C2=O)C(=O)N1. The second kappa shape index (κ2) is 17.0. The summed E-state index contributed by atoms with van der Waals surface area (Å²) in [7, 11) is 0. The van der Waals surface area contributed by atoms with Gasteiger partial charge in [0.2, 0.25) is 11.8 Å². The summed E-state index contributed by atoms with van der Waals surface area (Å²) in [5.41, 5.74) is 3.55. The summed E-state index contributed by atoms with van der Waals surface area (Å²) < 4.78 is 14.6. The van der Waals surface area contributed by atoms with Gasteiger partial charge in [0, 0.05) is 65.0 Å². The molecule has 2 fully saturated rings. The molecule has 2 saturated heterocycles. The van der Waals surface area contributed by atoms with Crippen molar-refractivity contribution in [3.8, 4) is 33.4 Å². The van der Waals surface area contributed by atoms with Crippen LogP contribution in [0.1, 0.15) is 41.6 Å². The quantitative estimate of drug-likeness (QED) is 0.0819. The van der Waals surface area contributed by atoms with Crippen molar-refractivity contribution in [3.05, 3.63) is 101 Å². The van der Waals surface area contributed by atoms with Crippen LogP contribution in [0.5, 0.6) is 23.0 Å². The number of hydrogen-bond acceptors (Lipinski definition) is 10. The highest BCUT2D eigenvalue weighted by molar-refractivity contribution is 9.10. The monoisotopic (exact) mass is 837 g/mol. The Bertz CT molecular complexity index is 2230. The molecule has 3 amide bonds. The number of phenols is 1. The fourth-order valence-electron chi connectivity index (χ4n) is 7.66. The number of nitrogens with one attached hydrogen (secondary N) is 2. The van der Waals surface area contributed by atoms with Crippen molar-refractivity contribution in [1.29, 1.82) is 0 Å². The van der Waals surface area contributed by atoms with Gasteiger partial charge in [-0.2, -0.15) is 0 Å². The molecule has 56 heavy (non-hydrogen) atoms. The molecule has 3 N–H and O–H groups in total. The van der Waals surface area contributed by atoms with Crippen LogP contribution in [0, 0.1) is 0 Å². The molecule has 1 aromatic heterocycles. The number of hydrogen-bond donors (Lipinski definition) is 3. The molecule has 0 spiro atoms. The van der Waals surface area contributed by atoms with Crippen molar-refractivity contribution in [2.24, 2.45) is 0 Å². The zero-order valence-electron chi connectivity index (χ0n) is 31.0. The lowest BCUT2D eigenvalue weighted by atomic mass is 10.0. The molecule has 13 heteroatoms. The lowest BCUT2D eigenvalue weighted by Gasteiger charge is -2.29. The van der Waals surface area contributed by atoms with Gasteiger partial charge in [0.25, 0.3) is 5.91 Å². The Morgan fingerprint density at radius 3 is 2.43 bits per heavy atom. The number of piperidine rings is 1. The van der Waals surface area contributed by atoms with Gasteiger partial charge in [-0.1, -0.05) is 28.1 Å². The molecule has 3 aliphatic heterocycles. The van der Waals surface area contributed by atoms with Crippen molar-refractivity contribution < 1.29 is 29.0 Å². The summed E-state index contributed by atoms with van der Waals surface area (Å²) in [6.45, 7) is 7.80. The van der Waals surface area contributed by atoms with Gasteiger partial charge in [0.1, 0.15) is 29.9 Å². The van der Waals surface area contributed by atoms with E-state index in [0.717, 1.165) is 106 Å². The minimum atomic E-state index is -0.601. The summed E-state index contributed by atoms with van der Waals surface area (Å²) in [5, 5.41) is 16.9. The molecule has 0 saturated carbocycles. The first-order valence-corrected chi connectivity index (χ1v) is 20.8. The smallest absolute Gasteiger partial charge is 0.255 e. The molecule has 3 aliphatic rings. The third-order valence-electron chi connectivity index (χ3n) is 10.6. The maximum atomic E-state index is 13.0. The maximum absolute atomic E-state index is 13.0. The minimum Gasteiger partial charge on any atom is -0.508 e. The molecule has 290 valence electrons. The maximum Gasteiger partial charge on any atom is 0.255 e. The predicted octanol–water partition coefficient (Wildman–Crippen LogP) is 7.48. The van der Waals surface area contributed by atoms with Crippen LogP contribution >= 0.6 is 27.3 Å². The first-order chi connectivity index (χ1) is 27.3. The van der Waals surface area contributed by atoms with Gasteiger partial charge in [-0.3, -0.25) is 24.6 Å². The lowest BCUT2D eigenvalue weighted by Crippen LogP contribution is -2.52. The molecule has 4 aromatic carbocycles. The van der Waals surface area contributed by atoms with Gasteiger partial charge in [-0.15, -0.1) is 11.3 Å². The third-order valence-corrected chi connectivity index (χ3v) is 12.4. The Morgan fingerprint density at radius 1 is 0.875 bits per heavy atom. The van der Waals surface area contributed by atoms with Crippen LogP contribution < -0.4 is 20.1 Å². The lowest BCUT2D eigenvalue weighted by molar-refractivity contribution is -0.136. The normalized spacial score (nSPS) is 17.8. The number of nitrogens with zero attached hydrogens (tertiary/aromatic N) is 3. The predicted molar refractivity (Wildman–Crippen MR) is 222 cm³/mol. The largest absolute Gasteiger partial charge is 0.508 e. The molecule has 0 radical (unpaired) electrons. The summed E-state index contributed by atoms with van der Waals surface area (Å²) in [5.74, 6) is 1.70. The van der Waals surface area contributed by atoms with Crippen molar-refractivity contribution in [2.75, 3.05) is 57.7 Å². The second-order valence-corrected chi connectivity index (χ2v) is 16.4. The van der Waals surface area contributed by atoms with E-state index in [1.54, 1.807) is 28.4 Å². The average molecular weight is 839 g/mol. The van der Waals surface area contributed by atoms with Crippen LogP contribution in [0.15, 0.2) is 89.4 Å². The molecule has 0 bridgehead atoms. The number of halogens is 1. The third kappa shape index (κ3) is 8.71. The van der Waals surface area contributed by atoms with E-state index < -0.39 is 6.04 Å². The van der Waals surface area contributed by atoms with Crippen LogP contribution in [0.3, 0.4) is 0 Å². The van der Waals surface area contributed by atoms with E-state index in [1.165, 1.54) is 0 Å². The number of carbonyl (C=O) groups excluding carboxylic acids is 3. The van der Waals surface area contributed by atoms with E-state index >= 15 is 0 Å². The number of imide groups is 1. The van der Waals surface area contributed by atoms with Gasteiger partial charge in [-0.25, -0.2) is 0 Å². The zero-order chi connectivity index (χ0) is 38.6. The van der Waals surface area contributed by atoms with Crippen molar-refractivity contribution in [3.63, 3.8) is 0 Å². The van der Waals surface area contributed by atoms with Gasteiger partial charge >= 0.3 is 0 Å². The number of phenolic OH excluding ortho intramolecular Hbond substituents is 1. The summed E-state index contributed by atoms with van der Waals surface area (Å²) in [6.07, 6.45) is 2.72. The van der Waals surface area contributed by atoms with E-state index in [0.29, 0.717) is 30.9 Å². The van der Waals surface area contributed by atoms with Gasteiger partial charge in [0.15, 0.2) is 5.75 Å². The number of amides is 3. The van der Waals surface area contributed by atoms with Gasteiger partial charge < -0.3 is 29.7 Å². The molecule has 0 aliphatic carbocycles. The van der Waals surface area contributed by atoms with Crippen molar-refractivity contribution in [1.82, 2.24) is 20.0 Å². The molecule has 1 atom stereocenters. The second-order valence-electron chi connectivity index (χ2n) is 14.5. The Hall–Kier alpha value is -4.95. The van der Waals surface area contributed by atoms with Crippen LogP contribution in [0.25, 0.3) is 20.5 Å². The minimum absolute atomic E-state index is 0.151. The number of thiophene rings is 1. The molecule has 8 rings (SSSR count). The number of fused-ring (bicyclic) bond motifs is 2. The number of ether oxygens (including phenoxy) is 2. The molecular formula is C43H44BrN5O6S. The highest BCUT2D eigenvalue weighted by Crippen LogP contribution is 2.47. The Labute approximate surface area is 338 Å². The molecule has 4 heterocycles. The van der Waals surface area contributed by atoms with Crippen LogP contribution in [-0.2, 0) is 16.1 Å². The molecule has 5 aromatic rings. The first kappa shape index (κ1) is 37.9. The summed E-state index contributed by atoms with van der Waals surface area (Å²) in [6, 6.07) is 26.5. The number of aromatic hydroxyl groups is 1. The molecule has 11 nitrogen and oxygen atoms in total. The number of anilines is 1. The zero-order valence-corrected chi connectivity index (χ0v) is 33.4. The highest BCUT2D eigenvalue weighted by atomic mass is 79.9. The van der Waals surface area contributed by atoms with E-state index in [1.807, 2.05) is 60.7 Å². The number of benzene rings is 4. The Kier molecular flexibility index (Phi) is 11.6. The molecular weight excluding hydrogens is 794 g/mol. The highest BCUT2D eigenvalue weighted by Gasteiger charge is 2.39. The van der Waals surface area contributed by atoms with Gasteiger partial charge in [-0.05, 0) is 123 Å². The van der Waals surface area contributed by atoms with Gasteiger partial charge in [0.05, 0.1) is 4.88 Å². The molecule has 1 unspecified atom stereocenters. The Morgan fingerprint density at radius 2 is 1.64 bits per heavy atom. The van der Waals surface area contributed by atoms with E-state index in [9.17, 15) is 19.5 Å². The van der Waals surface area contributed by atoms with Crippen molar-refractivity contribution >= 4 is 60.8 Å². The fourth-order valence-corrected chi connectivity index (χ4v) is 9.09. The first-order valence-electron chi connectivity index (χ1n) is 19.2. The summed E-state index contributed by atoms with van der Waals surface area (Å²) in [4.78, 5) is 44.5. The van der Waals surface area contributed by atoms with E-state index in [4.69, 9.17) is 9.47 Å².